The molecule has 0 fully saturated rings. The third-order valence-corrected chi connectivity index (χ3v) is 10.3. The largest absolute Gasteiger partial charge is 0.324 e. The van der Waals surface area contributed by atoms with Crippen LogP contribution < -0.4 is 21.3 Å². The minimum absolute atomic E-state index is 0.0721. The van der Waals surface area contributed by atoms with E-state index in [0.717, 1.165) is 25.0 Å². The molecule has 4 N–H and O–H groups in total. The van der Waals surface area contributed by atoms with Gasteiger partial charge in [0.05, 0.1) is 32.5 Å². The van der Waals surface area contributed by atoms with Crippen LogP contribution in [0, 0.1) is 0 Å². The van der Waals surface area contributed by atoms with Gasteiger partial charge in [-0.15, -0.1) is 34.8 Å². The van der Waals surface area contributed by atoms with Gasteiger partial charge in [0.15, 0.2) is 11.6 Å². The van der Waals surface area contributed by atoms with E-state index >= 15 is 0 Å². The number of hydrogen-bond donors (Lipinski definition) is 4. The molecule has 0 bridgehead atoms. The predicted molar refractivity (Wildman–Crippen MR) is 242 cm³/mol. The molecular formula is C43H35Cl5N8O6. The molecule has 19 heteroatoms. The Hall–Kier alpha value is -6.03. The summed E-state index contributed by atoms with van der Waals surface area (Å²) in [5.41, 5.74) is 3.77. The zero-order valence-corrected chi connectivity index (χ0v) is 36.5. The minimum Gasteiger partial charge on any atom is -0.324 e. The molecular weight excluding hydrogens is 902 g/mol. The fourth-order valence-electron chi connectivity index (χ4n) is 5.56. The Kier molecular flexibility index (Phi) is 16.8. The number of azo groups is 2. The highest BCUT2D eigenvalue weighted by molar-refractivity contribution is 6.35. The molecule has 0 saturated heterocycles. The van der Waals surface area contributed by atoms with Crippen LogP contribution in [-0.4, -0.2) is 47.3 Å². The highest BCUT2D eigenvalue weighted by Crippen LogP contribution is 2.28. The van der Waals surface area contributed by atoms with E-state index in [1.165, 1.54) is 54.6 Å². The highest BCUT2D eigenvalue weighted by atomic mass is 35.5. The maximum absolute atomic E-state index is 13.3. The molecule has 0 aliphatic rings. The van der Waals surface area contributed by atoms with Gasteiger partial charge in [0.25, 0.3) is 23.6 Å². The number of amides is 4. The predicted octanol–water partition coefficient (Wildman–Crippen LogP) is 11.1. The summed E-state index contributed by atoms with van der Waals surface area (Å²) in [6.45, 7) is 2.33. The molecule has 5 rings (SSSR count). The van der Waals surface area contributed by atoms with Gasteiger partial charge in [0.1, 0.15) is 0 Å². The first kappa shape index (κ1) is 47.0. The maximum Gasteiger partial charge on any atom is 0.258 e. The highest BCUT2D eigenvalue weighted by Gasteiger charge is 2.26. The second-order valence-electron chi connectivity index (χ2n) is 13.3. The molecule has 62 heavy (non-hydrogen) atoms. The number of carbonyl (C=O) groups excluding carboxylic acids is 6. The summed E-state index contributed by atoms with van der Waals surface area (Å²) < 4.78 is 0. The molecule has 0 spiro atoms. The van der Waals surface area contributed by atoms with Gasteiger partial charge in [0, 0.05) is 40.4 Å². The van der Waals surface area contributed by atoms with Crippen LogP contribution in [0.15, 0.2) is 124 Å². The smallest absolute Gasteiger partial charge is 0.258 e. The Bertz CT molecular complexity index is 2610. The van der Waals surface area contributed by atoms with Crippen molar-refractivity contribution in [1.29, 1.82) is 0 Å². The van der Waals surface area contributed by atoms with Crippen LogP contribution in [0.4, 0.5) is 34.1 Å². The molecule has 0 saturated carbocycles. The first-order valence-corrected chi connectivity index (χ1v) is 20.7. The zero-order valence-electron chi connectivity index (χ0n) is 32.7. The van der Waals surface area contributed by atoms with E-state index in [9.17, 15) is 28.8 Å². The van der Waals surface area contributed by atoms with E-state index in [1.54, 1.807) is 36.4 Å². The Labute approximate surface area is 380 Å². The average molecular weight is 937 g/mol. The fraction of sp³-hybridized carbons (Fsp3) is 0.163. The Morgan fingerprint density at radius 3 is 1.40 bits per heavy atom. The monoisotopic (exact) mass is 934 g/mol. The quantitative estimate of drug-likeness (QED) is 0.0406. The van der Waals surface area contributed by atoms with E-state index in [1.807, 2.05) is 12.1 Å². The third kappa shape index (κ3) is 12.8. The molecule has 0 heterocycles. The molecule has 14 nitrogen and oxygen atoms in total. The fourth-order valence-corrected chi connectivity index (χ4v) is 6.52. The summed E-state index contributed by atoms with van der Waals surface area (Å²) in [5, 5.41) is 26.9. The zero-order chi connectivity index (χ0) is 44.9. The van der Waals surface area contributed by atoms with Gasteiger partial charge in [-0.3, -0.25) is 28.8 Å². The van der Waals surface area contributed by atoms with Crippen molar-refractivity contribution in [3.05, 3.63) is 141 Å². The number of alkyl halides is 3. The van der Waals surface area contributed by atoms with Crippen molar-refractivity contribution < 1.29 is 28.8 Å². The van der Waals surface area contributed by atoms with Gasteiger partial charge in [-0.05, 0) is 109 Å². The van der Waals surface area contributed by atoms with E-state index in [2.05, 4.69) is 41.7 Å². The molecule has 0 aromatic heterocycles. The summed E-state index contributed by atoms with van der Waals surface area (Å²) in [6.07, 6.45) is 0. The Balaban J connectivity index is 1.25. The number of anilines is 4. The topological polar surface area (TPSA) is 200 Å². The third-order valence-electron chi connectivity index (χ3n) is 8.69. The van der Waals surface area contributed by atoms with Gasteiger partial charge < -0.3 is 21.3 Å². The second-order valence-corrected chi connectivity index (χ2v) is 15.0. The molecule has 2 atom stereocenters. The van der Waals surface area contributed by atoms with E-state index < -0.39 is 47.3 Å². The molecule has 4 amide bonds. The Morgan fingerprint density at radius 1 is 0.516 bits per heavy atom. The summed E-state index contributed by atoms with van der Waals surface area (Å²) in [6, 6.07) is 23.6. The average Bonchev–Trinajstić information content (AvgIpc) is 3.25. The number of nitrogens with one attached hydrogen (secondary N) is 4. The van der Waals surface area contributed by atoms with E-state index in [0.29, 0.717) is 16.9 Å². The molecule has 0 radical (unpaired) electrons. The van der Waals surface area contributed by atoms with Gasteiger partial charge in [0.2, 0.25) is 12.1 Å². The maximum atomic E-state index is 13.3. The number of carbonyl (C=O) groups is 6. The van der Waals surface area contributed by atoms with Crippen LogP contribution in [0.5, 0.6) is 0 Å². The van der Waals surface area contributed by atoms with Gasteiger partial charge >= 0.3 is 0 Å². The summed E-state index contributed by atoms with van der Waals surface area (Å²) in [7, 11) is 0. The molecule has 5 aromatic rings. The second kappa shape index (κ2) is 22.2. The number of rotatable bonds is 17. The van der Waals surface area contributed by atoms with Crippen LogP contribution in [-0.2, 0) is 36.8 Å². The van der Waals surface area contributed by atoms with Crippen molar-refractivity contribution in [1.82, 2.24) is 0 Å². The number of Topliss-reactive ketones (excluding diaryl/α,β-unsaturated/α-hetero) is 2. The summed E-state index contributed by atoms with van der Waals surface area (Å²) in [4.78, 5) is 77.8. The lowest BCUT2D eigenvalue weighted by Crippen LogP contribution is -2.32. The van der Waals surface area contributed by atoms with Crippen molar-refractivity contribution in [2.75, 3.05) is 21.3 Å². The van der Waals surface area contributed by atoms with Crippen molar-refractivity contribution in [3.63, 3.8) is 0 Å². The van der Waals surface area contributed by atoms with Crippen molar-refractivity contribution >= 4 is 127 Å². The number of hydrogen-bond acceptors (Lipinski definition) is 10. The van der Waals surface area contributed by atoms with Gasteiger partial charge in [-0.1, -0.05) is 47.5 Å². The van der Waals surface area contributed by atoms with E-state index in [-0.39, 0.29) is 61.6 Å². The summed E-state index contributed by atoms with van der Waals surface area (Å²) >= 11 is 30.6. The number of benzene rings is 5. The molecule has 318 valence electrons. The first-order valence-electron chi connectivity index (χ1n) is 18.3. The lowest BCUT2D eigenvalue weighted by molar-refractivity contribution is -0.127. The van der Waals surface area contributed by atoms with Crippen LogP contribution in [0.25, 0.3) is 0 Å². The molecule has 0 aliphatic carbocycles. The number of nitrogens with zero attached hydrogens (tertiary/aromatic N) is 4. The van der Waals surface area contributed by atoms with Crippen LogP contribution in [0.2, 0.25) is 10.0 Å². The molecule has 5 aromatic carbocycles. The van der Waals surface area contributed by atoms with E-state index in [4.69, 9.17) is 58.0 Å². The summed E-state index contributed by atoms with van der Waals surface area (Å²) in [5.74, 6) is -3.62. The van der Waals surface area contributed by atoms with Crippen LogP contribution in [0.3, 0.4) is 0 Å². The molecule has 0 aliphatic heterocycles. The molecule has 2 unspecified atom stereocenters. The van der Waals surface area contributed by atoms with Crippen molar-refractivity contribution in [2.45, 2.75) is 43.6 Å². The number of ketones is 2. The lowest BCUT2D eigenvalue weighted by atomic mass is 10.1. The van der Waals surface area contributed by atoms with Crippen LogP contribution >= 0.6 is 58.0 Å². The standard InChI is InChI=1S/C43H35Cl5N8O6/c1-23(57)38(55-53-31-9-12-35(47)33(18-31)40(59)49-28-7-3-5-25(15-28)20-44)42(61)51-30-11-14-37(27(17-30)22-46)52-43(62)39(24(2)58)56-54-32-10-13-36(48)34(19-32)41(60)50-29-8-4-6-26(16-29)21-45/h3-19,38-39H,20-22H2,1-2H3,(H,49,59)(H,50,60)(H,51,61)(H,52,62). The van der Waals surface area contributed by atoms with Crippen molar-refractivity contribution in [3.8, 4) is 0 Å². The first-order chi connectivity index (χ1) is 29.7. The normalized spacial score (nSPS) is 12.1. The van der Waals surface area contributed by atoms with Gasteiger partial charge in [-0.2, -0.15) is 20.5 Å². The SMILES string of the molecule is CC(=O)C(N=Nc1ccc(Cl)c(C(=O)Nc2cccc(CCl)c2)c1)C(=O)Nc1ccc(NC(=O)C(N=Nc2ccc(Cl)c(C(=O)Nc3cccc(CCl)c3)c2)C(C)=O)c(CCl)c1. The van der Waals surface area contributed by atoms with Crippen molar-refractivity contribution in [2.24, 2.45) is 20.5 Å². The number of halogens is 5. The van der Waals surface area contributed by atoms with Gasteiger partial charge in [-0.25, -0.2) is 0 Å². The Morgan fingerprint density at radius 2 is 0.968 bits per heavy atom. The van der Waals surface area contributed by atoms with Crippen LogP contribution in [0.1, 0.15) is 51.3 Å². The minimum atomic E-state index is -1.59. The lowest BCUT2D eigenvalue weighted by Gasteiger charge is -2.15.